The summed E-state index contributed by atoms with van der Waals surface area (Å²) < 4.78 is 44.1. The molecular weight excluding hydrogens is 430 g/mol. The molecule has 0 unspecified atom stereocenters. The second-order valence-electron chi connectivity index (χ2n) is 7.56. The van der Waals surface area contributed by atoms with E-state index in [1.165, 1.54) is 24.6 Å². The lowest BCUT2D eigenvalue weighted by Crippen LogP contribution is -2.49. The summed E-state index contributed by atoms with van der Waals surface area (Å²) in [7, 11) is 0.862. The smallest absolute Gasteiger partial charge is 0.247 e. The fraction of sp³-hybridized carbons (Fsp3) is 0.348. The van der Waals surface area contributed by atoms with Gasteiger partial charge in [-0.1, -0.05) is 12.1 Å². The molecule has 3 aromatic rings. The molecule has 9 heteroatoms. The molecule has 2 heterocycles. The number of benzene rings is 2. The van der Waals surface area contributed by atoms with Crippen LogP contribution in [-0.2, 0) is 10.0 Å². The van der Waals surface area contributed by atoms with E-state index in [0.717, 1.165) is 28.0 Å². The predicted molar refractivity (Wildman–Crippen MR) is 124 cm³/mol. The fourth-order valence-corrected chi connectivity index (χ4v) is 5.58. The van der Waals surface area contributed by atoms with Gasteiger partial charge in [-0.25, -0.2) is 13.4 Å². The van der Waals surface area contributed by atoms with Crippen molar-refractivity contribution in [2.24, 2.45) is 0 Å². The number of piperazine rings is 1. The minimum absolute atomic E-state index is 0.109. The Bertz CT molecular complexity index is 1240. The fourth-order valence-electron chi connectivity index (χ4n) is 3.98. The average molecular weight is 458 g/mol. The summed E-state index contributed by atoms with van der Waals surface area (Å²) in [5.74, 6) is 2.30. The highest BCUT2D eigenvalue weighted by atomic mass is 32.2. The zero-order valence-corrected chi connectivity index (χ0v) is 19.5. The molecular formula is C23H27N3O5S. The Hall–Kier alpha value is -3.04. The summed E-state index contributed by atoms with van der Waals surface area (Å²) in [4.78, 5) is 7.04. The van der Waals surface area contributed by atoms with Crippen molar-refractivity contribution < 1.29 is 22.6 Å². The van der Waals surface area contributed by atoms with Crippen molar-refractivity contribution in [3.05, 3.63) is 48.0 Å². The number of fused-ring (bicyclic) bond motifs is 1. The van der Waals surface area contributed by atoms with Crippen molar-refractivity contribution >= 4 is 26.7 Å². The average Bonchev–Trinajstić information content (AvgIpc) is 2.83. The Kier molecular flexibility index (Phi) is 6.12. The van der Waals surface area contributed by atoms with Crippen LogP contribution in [0.25, 0.3) is 10.9 Å². The Labute approximate surface area is 188 Å². The number of ether oxygens (including phenoxy) is 3. The first-order chi connectivity index (χ1) is 15.4. The van der Waals surface area contributed by atoms with Gasteiger partial charge in [0.15, 0.2) is 0 Å². The highest BCUT2D eigenvalue weighted by Gasteiger charge is 2.32. The maximum absolute atomic E-state index is 13.3. The minimum atomic E-state index is -3.74. The highest BCUT2D eigenvalue weighted by molar-refractivity contribution is 7.89. The first-order valence-electron chi connectivity index (χ1n) is 10.3. The Balaban J connectivity index is 1.58. The summed E-state index contributed by atoms with van der Waals surface area (Å²) in [6, 6.07) is 12.7. The molecule has 4 rings (SSSR count). The molecule has 8 nitrogen and oxygen atoms in total. The molecule has 1 fully saturated rings. The van der Waals surface area contributed by atoms with Gasteiger partial charge >= 0.3 is 0 Å². The maximum atomic E-state index is 13.3. The third-order valence-corrected chi connectivity index (χ3v) is 7.69. The second-order valence-corrected chi connectivity index (χ2v) is 9.47. The van der Waals surface area contributed by atoms with Crippen molar-refractivity contribution in [1.82, 2.24) is 9.29 Å². The van der Waals surface area contributed by atoms with Crippen LogP contribution in [0.1, 0.15) is 5.56 Å². The molecule has 32 heavy (non-hydrogen) atoms. The van der Waals surface area contributed by atoms with E-state index in [9.17, 15) is 8.42 Å². The van der Waals surface area contributed by atoms with Crippen LogP contribution >= 0.6 is 0 Å². The first kappa shape index (κ1) is 22.2. The van der Waals surface area contributed by atoms with Crippen LogP contribution in [0.3, 0.4) is 0 Å². The molecule has 1 aliphatic heterocycles. The van der Waals surface area contributed by atoms with Gasteiger partial charge < -0.3 is 19.1 Å². The molecule has 170 valence electrons. The minimum Gasteiger partial charge on any atom is -0.497 e. The van der Waals surface area contributed by atoms with Gasteiger partial charge in [0.2, 0.25) is 10.0 Å². The van der Waals surface area contributed by atoms with Crippen molar-refractivity contribution in [3.63, 3.8) is 0 Å². The summed E-state index contributed by atoms with van der Waals surface area (Å²) in [5.41, 5.74) is 1.90. The molecule has 0 amide bonds. The van der Waals surface area contributed by atoms with Crippen LogP contribution in [0.5, 0.6) is 17.2 Å². The molecule has 0 spiro atoms. The van der Waals surface area contributed by atoms with E-state index in [0.29, 0.717) is 37.7 Å². The number of aromatic nitrogens is 1. The van der Waals surface area contributed by atoms with E-state index in [1.807, 2.05) is 31.2 Å². The highest BCUT2D eigenvalue weighted by Crippen LogP contribution is 2.32. The van der Waals surface area contributed by atoms with Gasteiger partial charge in [0.05, 0.1) is 21.3 Å². The second kappa shape index (κ2) is 8.84. The van der Waals surface area contributed by atoms with Gasteiger partial charge in [0.25, 0.3) is 0 Å². The van der Waals surface area contributed by atoms with Crippen LogP contribution in [0, 0.1) is 6.92 Å². The van der Waals surface area contributed by atoms with Crippen molar-refractivity contribution in [2.75, 3.05) is 52.4 Å². The molecule has 1 aromatic heterocycles. The van der Waals surface area contributed by atoms with Crippen molar-refractivity contribution in [3.8, 4) is 17.2 Å². The zero-order valence-electron chi connectivity index (χ0n) is 18.7. The molecule has 1 aliphatic rings. The SMILES string of the molecule is COc1ccc(OC)c(S(=O)(=O)N2CCN(c3cc(C)c4cccc(OC)c4n3)CC2)c1. The van der Waals surface area contributed by atoms with Crippen LogP contribution in [-0.4, -0.2) is 65.2 Å². The van der Waals surface area contributed by atoms with E-state index in [-0.39, 0.29) is 4.90 Å². The molecule has 0 aliphatic carbocycles. The zero-order chi connectivity index (χ0) is 22.9. The molecule has 0 bridgehead atoms. The summed E-state index contributed by atoms with van der Waals surface area (Å²) >= 11 is 0. The number of nitrogens with zero attached hydrogens (tertiary/aromatic N) is 3. The number of hydrogen-bond donors (Lipinski definition) is 0. The lowest BCUT2D eigenvalue weighted by atomic mass is 10.1. The van der Waals surface area contributed by atoms with Crippen LogP contribution in [0.15, 0.2) is 47.4 Å². The number of para-hydroxylation sites is 1. The largest absolute Gasteiger partial charge is 0.497 e. The monoisotopic (exact) mass is 457 g/mol. The number of hydrogen-bond acceptors (Lipinski definition) is 7. The van der Waals surface area contributed by atoms with Gasteiger partial charge in [-0.05, 0) is 36.8 Å². The number of pyridine rings is 1. The van der Waals surface area contributed by atoms with Gasteiger partial charge in [-0.3, -0.25) is 0 Å². The number of aryl methyl sites for hydroxylation is 1. The molecule has 2 aromatic carbocycles. The number of anilines is 1. The van der Waals surface area contributed by atoms with Gasteiger partial charge in [0, 0.05) is 37.6 Å². The Morgan fingerprint density at radius 3 is 2.25 bits per heavy atom. The van der Waals surface area contributed by atoms with E-state index in [2.05, 4.69) is 4.90 Å². The van der Waals surface area contributed by atoms with E-state index in [4.69, 9.17) is 19.2 Å². The molecule has 0 radical (unpaired) electrons. The van der Waals surface area contributed by atoms with Crippen LogP contribution in [0.2, 0.25) is 0 Å². The maximum Gasteiger partial charge on any atom is 0.247 e. The Morgan fingerprint density at radius 2 is 1.59 bits per heavy atom. The van der Waals surface area contributed by atoms with Gasteiger partial charge in [0.1, 0.15) is 33.5 Å². The number of rotatable bonds is 6. The normalized spacial score (nSPS) is 15.1. The molecule has 1 saturated heterocycles. The first-order valence-corrected chi connectivity index (χ1v) is 11.7. The third-order valence-electron chi connectivity index (χ3n) is 5.77. The quantitative estimate of drug-likeness (QED) is 0.563. The number of methoxy groups -OCH3 is 3. The lowest BCUT2D eigenvalue weighted by molar-refractivity contribution is 0.370. The van der Waals surface area contributed by atoms with Crippen molar-refractivity contribution in [2.45, 2.75) is 11.8 Å². The standard InChI is InChI=1S/C23H27N3O5S/c1-16-14-22(24-23-18(16)6-5-7-20(23)31-4)25-10-12-26(13-11-25)32(27,28)21-15-17(29-2)8-9-19(21)30-3/h5-9,14-15H,10-13H2,1-4H3. The van der Waals surface area contributed by atoms with Gasteiger partial charge in [-0.2, -0.15) is 4.31 Å². The Morgan fingerprint density at radius 1 is 0.875 bits per heavy atom. The van der Waals surface area contributed by atoms with E-state index >= 15 is 0 Å². The van der Waals surface area contributed by atoms with Gasteiger partial charge in [-0.15, -0.1) is 0 Å². The number of sulfonamides is 1. The molecule has 0 atom stereocenters. The molecule has 0 N–H and O–H groups in total. The topological polar surface area (TPSA) is 81.2 Å². The van der Waals surface area contributed by atoms with Crippen LogP contribution in [0.4, 0.5) is 5.82 Å². The summed E-state index contributed by atoms with van der Waals surface area (Å²) in [5, 5.41) is 1.04. The predicted octanol–water partition coefficient (Wildman–Crippen LogP) is 3.08. The molecule has 0 saturated carbocycles. The summed E-state index contributed by atoms with van der Waals surface area (Å²) in [6.07, 6.45) is 0. The lowest BCUT2D eigenvalue weighted by Gasteiger charge is -2.35. The third kappa shape index (κ3) is 3.93. The van der Waals surface area contributed by atoms with E-state index < -0.39 is 10.0 Å². The van der Waals surface area contributed by atoms with E-state index in [1.54, 1.807) is 19.2 Å². The summed E-state index contributed by atoms with van der Waals surface area (Å²) in [6.45, 7) is 3.78. The van der Waals surface area contributed by atoms with Crippen LogP contribution < -0.4 is 19.1 Å². The van der Waals surface area contributed by atoms with Crippen molar-refractivity contribution in [1.29, 1.82) is 0 Å².